The first-order valence-corrected chi connectivity index (χ1v) is 18.1. The van der Waals surface area contributed by atoms with Gasteiger partial charge in [0.25, 0.3) is 10.1 Å². The average molecular weight is 770 g/mol. The van der Waals surface area contributed by atoms with Crippen molar-refractivity contribution in [2.24, 2.45) is 0 Å². The number of hydrogen-bond acceptors (Lipinski definition) is 5. The number of benzene rings is 2. The fourth-order valence-electron chi connectivity index (χ4n) is 6.56. The van der Waals surface area contributed by atoms with Gasteiger partial charge in [-0.2, -0.15) is 16.8 Å². The molecule has 0 amide bonds. The van der Waals surface area contributed by atoms with Crippen LogP contribution < -0.4 is 4.18 Å². The molecule has 10 heteroatoms. The first kappa shape index (κ1) is 28.1. The number of halogens is 2. The zero-order chi connectivity index (χ0) is 26.4. The van der Waals surface area contributed by atoms with Crippen LogP contribution in [0.25, 0.3) is 0 Å². The number of rotatable bonds is 7. The molecule has 0 heterocycles. The molecule has 6 nitrogen and oxygen atoms in total. The Balaban J connectivity index is 1.64. The molecule has 37 heavy (non-hydrogen) atoms. The van der Waals surface area contributed by atoms with E-state index in [2.05, 4.69) is 12.1 Å². The van der Waals surface area contributed by atoms with E-state index in [0.717, 1.165) is 75.3 Å². The van der Waals surface area contributed by atoms with Gasteiger partial charge >= 0.3 is 10.1 Å². The van der Waals surface area contributed by atoms with Crippen LogP contribution in [0.1, 0.15) is 111 Å². The maximum Gasteiger partial charge on any atom is 0.339 e. The highest BCUT2D eigenvalue weighted by molar-refractivity contribution is 14.1. The van der Waals surface area contributed by atoms with Gasteiger partial charge in [-0.1, -0.05) is 50.7 Å². The minimum atomic E-state index is -4.45. The SMILES string of the molecule is O=S(=O)(O)c1c(I)cc(OS(=O)(=O)c2c(C3CCCC3)cc(C3CCCC3)cc2C2CCCC2)cc1I. The Morgan fingerprint density at radius 2 is 1.05 bits per heavy atom. The van der Waals surface area contributed by atoms with Gasteiger partial charge in [-0.25, -0.2) is 0 Å². The predicted molar refractivity (Wildman–Crippen MR) is 160 cm³/mol. The van der Waals surface area contributed by atoms with Gasteiger partial charge in [-0.05, 0) is 130 Å². The van der Waals surface area contributed by atoms with E-state index in [0.29, 0.717) is 10.8 Å². The fraction of sp³-hybridized carbons (Fsp3) is 0.556. The molecule has 0 spiro atoms. The van der Waals surface area contributed by atoms with Crippen LogP contribution >= 0.6 is 45.2 Å². The minimum Gasteiger partial charge on any atom is -0.379 e. The summed E-state index contributed by atoms with van der Waals surface area (Å²) >= 11 is 3.57. The van der Waals surface area contributed by atoms with Crippen molar-refractivity contribution in [2.75, 3.05) is 0 Å². The van der Waals surface area contributed by atoms with Gasteiger partial charge in [-0.15, -0.1) is 0 Å². The highest BCUT2D eigenvalue weighted by Crippen LogP contribution is 2.47. The molecule has 0 radical (unpaired) electrons. The van der Waals surface area contributed by atoms with Crippen LogP contribution in [0.3, 0.4) is 0 Å². The second kappa shape index (κ2) is 11.2. The van der Waals surface area contributed by atoms with Crippen LogP contribution in [0, 0.1) is 7.14 Å². The zero-order valence-electron chi connectivity index (χ0n) is 20.6. The molecular weight excluding hydrogens is 738 g/mol. The lowest BCUT2D eigenvalue weighted by Crippen LogP contribution is -2.19. The largest absolute Gasteiger partial charge is 0.379 e. The predicted octanol–water partition coefficient (Wildman–Crippen LogP) is 7.88. The van der Waals surface area contributed by atoms with E-state index in [-0.39, 0.29) is 29.6 Å². The molecule has 0 aromatic heterocycles. The van der Waals surface area contributed by atoms with Crippen molar-refractivity contribution in [3.63, 3.8) is 0 Å². The maximum atomic E-state index is 14.1. The molecule has 0 aliphatic heterocycles. The Hall–Kier alpha value is -0.440. The summed E-state index contributed by atoms with van der Waals surface area (Å²) < 4.78 is 67.6. The molecular formula is C27H32I2O6S2. The van der Waals surface area contributed by atoms with Gasteiger partial charge in [0.2, 0.25) is 0 Å². The lowest BCUT2D eigenvalue weighted by atomic mass is 9.85. The van der Waals surface area contributed by atoms with Crippen LogP contribution in [0.4, 0.5) is 0 Å². The fourth-order valence-corrected chi connectivity index (χ4v) is 12.0. The maximum absolute atomic E-state index is 14.1. The standard InChI is InChI=1S/C27H32I2O6S2/c28-24-15-21(16-25(29)27(24)36(30,31)32)35-37(33,34)26-22(18-9-3-4-10-18)13-20(17-7-1-2-8-17)14-23(26)19-11-5-6-12-19/h13-19H,1-12H2,(H,30,31,32). The van der Waals surface area contributed by atoms with E-state index >= 15 is 0 Å². The number of hydrogen-bond donors (Lipinski definition) is 1. The molecule has 3 saturated carbocycles. The summed E-state index contributed by atoms with van der Waals surface area (Å²) in [4.78, 5) is 0.106. The minimum absolute atomic E-state index is 0.0517. The van der Waals surface area contributed by atoms with E-state index in [9.17, 15) is 21.4 Å². The topological polar surface area (TPSA) is 97.7 Å². The second-order valence-corrected chi connectivity index (χ2v) is 15.9. The van der Waals surface area contributed by atoms with E-state index in [1.807, 2.05) is 0 Å². The van der Waals surface area contributed by atoms with E-state index < -0.39 is 20.2 Å². The molecule has 0 bridgehead atoms. The van der Waals surface area contributed by atoms with Gasteiger partial charge in [0.05, 0.1) is 0 Å². The van der Waals surface area contributed by atoms with Gasteiger partial charge in [0.1, 0.15) is 15.5 Å². The van der Waals surface area contributed by atoms with Gasteiger partial charge in [-0.3, -0.25) is 4.55 Å². The quantitative estimate of drug-likeness (QED) is 0.175. The van der Waals surface area contributed by atoms with Gasteiger partial charge in [0.15, 0.2) is 0 Å². The van der Waals surface area contributed by atoms with Crippen molar-refractivity contribution in [1.29, 1.82) is 0 Å². The van der Waals surface area contributed by atoms with E-state index in [1.54, 1.807) is 45.2 Å². The third-order valence-electron chi connectivity index (χ3n) is 8.27. The van der Waals surface area contributed by atoms with Crippen LogP contribution in [0.2, 0.25) is 0 Å². The lowest BCUT2D eigenvalue weighted by Gasteiger charge is -2.25. The van der Waals surface area contributed by atoms with Crippen molar-refractivity contribution < 1.29 is 25.6 Å². The third kappa shape index (κ3) is 6.02. The summed E-state index contributed by atoms with van der Waals surface area (Å²) in [6, 6.07) is 7.08. The highest BCUT2D eigenvalue weighted by atomic mass is 127. The van der Waals surface area contributed by atoms with Crippen molar-refractivity contribution in [1.82, 2.24) is 0 Å². The Kier molecular flexibility index (Phi) is 8.51. The molecule has 3 aliphatic carbocycles. The van der Waals surface area contributed by atoms with Crippen LogP contribution in [-0.4, -0.2) is 21.4 Å². The summed E-state index contributed by atoms with van der Waals surface area (Å²) in [5, 5.41) is 0. The monoisotopic (exact) mass is 770 g/mol. The highest BCUT2D eigenvalue weighted by Gasteiger charge is 2.35. The summed E-state index contributed by atoms with van der Waals surface area (Å²) in [7, 11) is -8.64. The Morgan fingerprint density at radius 1 is 0.649 bits per heavy atom. The zero-order valence-corrected chi connectivity index (χ0v) is 26.5. The molecule has 1 N–H and O–H groups in total. The second-order valence-electron chi connectivity index (χ2n) is 10.7. The summed E-state index contributed by atoms with van der Waals surface area (Å²) in [5.74, 6) is 0.957. The molecule has 3 fully saturated rings. The Bertz CT molecular complexity index is 1330. The Morgan fingerprint density at radius 3 is 1.46 bits per heavy atom. The Labute approximate surface area is 247 Å². The summed E-state index contributed by atoms with van der Waals surface area (Å²) in [6.07, 6.45) is 13.1. The first-order valence-electron chi connectivity index (χ1n) is 13.1. The van der Waals surface area contributed by atoms with E-state index in [1.165, 1.54) is 30.5 Å². The van der Waals surface area contributed by atoms with E-state index in [4.69, 9.17) is 4.18 Å². The summed E-state index contributed by atoms with van der Waals surface area (Å²) in [6.45, 7) is 0. The molecule has 202 valence electrons. The molecule has 2 aromatic carbocycles. The lowest BCUT2D eigenvalue weighted by molar-refractivity contribution is 0.478. The van der Waals surface area contributed by atoms with Crippen LogP contribution in [0.15, 0.2) is 34.1 Å². The molecule has 2 aromatic rings. The van der Waals surface area contributed by atoms with Gasteiger partial charge < -0.3 is 4.18 Å². The van der Waals surface area contributed by atoms with Crippen molar-refractivity contribution in [2.45, 2.75) is 105 Å². The molecule has 0 unspecified atom stereocenters. The van der Waals surface area contributed by atoms with Crippen molar-refractivity contribution in [3.8, 4) is 5.75 Å². The first-order chi connectivity index (χ1) is 17.5. The van der Waals surface area contributed by atoms with Crippen LogP contribution in [0.5, 0.6) is 5.75 Å². The van der Waals surface area contributed by atoms with Crippen LogP contribution in [-0.2, 0) is 20.2 Å². The summed E-state index contributed by atoms with van der Waals surface area (Å²) in [5.41, 5.74) is 3.13. The normalized spacial score (nSPS) is 20.2. The van der Waals surface area contributed by atoms with Crippen molar-refractivity contribution in [3.05, 3.63) is 48.1 Å². The molecule has 5 rings (SSSR count). The van der Waals surface area contributed by atoms with Crippen molar-refractivity contribution >= 4 is 65.4 Å². The van der Waals surface area contributed by atoms with Gasteiger partial charge in [0, 0.05) is 7.14 Å². The smallest absolute Gasteiger partial charge is 0.339 e. The molecule has 3 aliphatic rings. The third-order valence-corrected chi connectivity index (χ3v) is 13.0. The average Bonchev–Trinajstić information content (AvgIpc) is 3.60. The molecule has 0 saturated heterocycles. The molecule has 0 atom stereocenters.